The summed E-state index contributed by atoms with van der Waals surface area (Å²) in [6.45, 7) is 0. The number of primary amides is 1. The first-order valence-corrected chi connectivity index (χ1v) is 10.6. The van der Waals surface area contributed by atoms with E-state index < -0.39 is 17.9 Å². The van der Waals surface area contributed by atoms with E-state index in [0.29, 0.717) is 35.0 Å². The summed E-state index contributed by atoms with van der Waals surface area (Å²) in [4.78, 5) is 36.7. The van der Waals surface area contributed by atoms with Crippen LogP contribution in [-0.2, 0) is 16.0 Å². The van der Waals surface area contributed by atoms with Gasteiger partial charge in [0.15, 0.2) is 5.78 Å². The molecule has 4 rings (SSSR count). The summed E-state index contributed by atoms with van der Waals surface area (Å²) in [5.41, 5.74) is 7.55. The van der Waals surface area contributed by atoms with Gasteiger partial charge in [0.1, 0.15) is 0 Å². The molecule has 0 aromatic heterocycles. The van der Waals surface area contributed by atoms with E-state index in [9.17, 15) is 14.4 Å². The molecule has 4 N–H and O–H groups in total. The second-order valence-electron chi connectivity index (χ2n) is 7.56. The molecule has 3 atom stereocenters. The number of hydrogen-bond acceptors (Lipinski definition) is 4. The zero-order chi connectivity index (χ0) is 21.6. The standard InChI is InChI=1S/C21H18Cl3N3O3/c22-11-5-9-1-4-17(26-18(9)15(24)7-11)19(28)12-8-13(12)21(30)27-16-3-2-10(20(25)29)6-14(16)23/h2-3,5-7,12-13,17,26H,1,4,8H2,(H2,25,29)(H,27,30). The number of Topliss-reactive ketones (excluding diaryl/α,β-unsaturated/α-hetero) is 1. The van der Waals surface area contributed by atoms with Gasteiger partial charge in [0, 0.05) is 22.4 Å². The van der Waals surface area contributed by atoms with Gasteiger partial charge in [-0.1, -0.05) is 34.8 Å². The number of nitrogens with two attached hydrogens (primary N) is 1. The predicted molar refractivity (Wildman–Crippen MR) is 117 cm³/mol. The Labute approximate surface area is 188 Å². The summed E-state index contributed by atoms with van der Waals surface area (Å²) in [5, 5.41) is 7.19. The van der Waals surface area contributed by atoms with E-state index in [4.69, 9.17) is 40.5 Å². The lowest BCUT2D eigenvalue weighted by Crippen LogP contribution is -2.35. The second-order valence-corrected chi connectivity index (χ2v) is 8.81. The summed E-state index contributed by atoms with van der Waals surface area (Å²) >= 11 is 18.4. The van der Waals surface area contributed by atoms with Crippen LogP contribution in [0.3, 0.4) is 0 Å². The molecule has 0 saturated heterocycles. The lowest BCUT2D eigenvalue weighted by atomic mass is 9.93. The van der Waals surface area contributed by atoms with E-state index in [1.165, 1.54) is 18.2 Å². The average molecular weight is 467 g/mol. The summed E-state index contributed by atoms with van der Waals surface area (Å²) < 4.78 is 0. The first-order chi connectivity index (χ1) is 14.2. The van der Waals surface area contributed by atoms with Crippen molar-refractivity contribution < 1.29 is 14.4 Å². The number of ketones is 1. The SMILES string of the molecule is NC(=O)c1ccc(NC(=O)C2CC2C(=O)C2CCc3cc(Cl)cc(Cl)c3N2)c(Cl)c1. The minimum atomic E-state index is -0.605. The number of benzene rings is 2. The fraction of sp³-hybridized carbons (Fsp3) is 0.286. The van der Waals surface area contributed by atoms with Crippen molar-refractivity contribution in [3.8, 4) is 0 Å². The van der Waals surface area contributed by atoms with Crippen LogP contribution in [-0.4, -0.2) is 23.6 Å². The van der Waals surface area contributed by atoms with Crippen molar-refractivity contribution in [3.63, 3.8) is 0 Å². The van der Waals surface area contributed by atoms with Crippen LogP contribution in [0.5, 0.6) is 0 Å². The van der Waals surface area contributed by atoms with Gasteiger partial charge in [0.2, 0.25) is 11.8 Å². The van der Waals surface area contributed by atoms with Gasteiger partial charge < -0.3 is 16.4 Å². The Hall–Kier alpha value is -2.28. The first kappa shape index (κ1) is 21.0. The molecule has 2 aromatic carbocycles. The smallest absolute Gasteiger partial charge is 0.248 e. The third-order valence-electron chi connectivity index (χ3n) is 5.51. The van der Waals surface area contributed by atoms with Gasteiger partial charge in [-0.2, -0.15) is 0 Å². The lowest BCUT2D eigenvalue weighted by Gasteiger charge is -2.27. The minimum Gasteiger partial charge on any atom is -0.374 e. The summed E-state index contributed by atoms with van der Waals surface area (Å²) in [5.74, 6) is -1.64. The Morgan fingerprint density at radius 2 is 1.80 bits per heavy atom. The van der Waals surface area contributed by atoms with Gasteiger partial charge >= 0.3 is 0 Å². The van der Waals surface area contributed by atoms with Crippen molar-refractivity contribution in [1.29, 1.82) is 0 Å². The van der Waals surface area contributed by atoms with E-state index in [-0.39, 0.29) is 28.2 Å². The van der Waals surface area contributed by atoms with Crippen LogP contribution in [0.25, 0.3) is 0 Å². The number of fused-ring (bicyclic) bond motifs is 1. The predicted octanol–water partition coefficient (Wildman–Crippen LogP) is 4.32. The maximum Gasteiger partial charge on any atom is 0.248 e. The Bertz CT molecular complexity index is 1070. The fourth-order valence-electron chi connectivity index (χ4n) is 3.80. The molecule has 2 amide bonds. The minimum absolute atomic E-state index is 0.00184. The zero-order valence-corrected chi connectivity index (χ0v) is 17.9. The van der Waals surface area contributed by atoms with Crippen molar-refractivity contribution >= 4 is 63.8 Å². The number of halogens is 3. The van der Waals surface area contributed by atoms with Crippen LogP contribution in [0.1, 0.15) is 28.8 Å². The van der Waals surface area contributed by atoms with Crippen molar-refractivity contribution in [3.05, 3.63) is 56.5 Å². The Morgan fingerprint density at radius 3 is 2.50 bits per heavy atom. The van der Waals surface area contributed by atoms with Crippen LogP contribution in [0.15, 0.2) is 30.3 Å². The quantitative estimate of drug-likeness (QED) is 0.611. The van der Waals surface area contributed by atoms with E-state index in [0.717, 1.165) is 11.3 Å². The zero-order valence-electron chi connectivity index (χ0n) is 15.7. The van der Waals surface area contributed by atoms with E-state index in [1.54, 1.807) is 6.07 Å². The molecule has 1 saturated carbocycles. The highest BCUT2D eigenvalue weighted by Gasteiger charge is 2.50. The Balaban J connectivity index is 1.39. The third kappa shape index (κ3) is 4.13. The molecule has 30 heavy (non-hydrogen) atoms. The van der Waals surface area contributed by atoms with Crippen molar-refractivity contribution in [2.24, 2.45) is 17.6 Å². The molecule has 0 bridgehead atoms. The molecule has 1 fully saturated rings. The maximum absolute atomic E-state index is 12.9. The van der Waals surface area contributed by atoms with Gasteiger partial charge in [0.05, 0.1) is 27.5 Å². The van der Waals surface area contributed by atoms with Crippen LogP contribution >= 0.6 is 34.8 Å². The molecule has 1 aliphatic carbocycles. The molecule has 0 radical (unpaired) electrons. The molecule has 3 unspecified atom stereocenters. The van der Waals surface area contributed by atoms with E-state index in [1.807, 2.05) is 6.07 Å². The summed E-state index contributed by atoms with van der Waals surface area (Å²) in [7, 11) is 0. The normalized spacial score (nSPS) is 21.9. The van der Waals surface area contributed by atoms with Crippen molar-refractivity contribution in [2.75, 3.05) is 10.6 Å². The number of rotatable bonds is 5. The van der Waals surface area contributed by atoms with Crippen LogP contribution < -0.4 is 16.4 Å². The summed E-state index contributed by atoms with van der Waals surface area (Å²) in [6, 6.07) is 7.50. The van der Waals surface area contributed by atoms with Gasteiger partial charge in [-0.3, -0.25) is 14.4 Å². The van der Waals surface area contributed by atoms with Gasteiger partial charge in [-0.05, 0) is 55.2 Å². The second kappa shape index (κ2) is 8.10. The molecule has 156 valence electrons. The van der Waals surface area contributed by atoms with Crippen LogP contribution in [0.4, 0.5) is 11.4 Å². The third-order valence-corrected chi connectivity index (χ3v) is 6.33. The van der Waals surface area contributed by atoms with Gasteiger partial charge in [-0.15, -0.1) is 0 Å². The van der Waals surface area contributed by atoms with Crippen LogP contribution in [0.2, 0.25) is 15.1 Å². The number of hydrogen-bond donors (Lipinski definition) is 3. The monoisotopic (exact) mass is 465 g/mol. The molecule has 1 aliphatic heterocycles. The number of carbonyl (C=O) groups is 3. The molecule has 6 nitrogen and oxygen atoms in total. The van der Waals surface area contributed by atoms with Gasteiger partial charge in [0.25, 0.3) is 0 Å². The fourth-order valence-corrected chi connectivity index (χ4v) is 4.62. The van der Waals surface area contributed by atoms with Crippen molar-refractivity contribution in [2.45, 2.75) is 25.3 Å². The number of carbonyl (C=O) groups excluding carboxylic acids is 3. The van der Waals surface area contributed by atoms with E-state index in [2.05, 4.69) is 10.6 Å². The molecule has 1 heterocycles. The molecular formula is C21H18Cl3N3O3. The Morgan fingerprint density at radius 1 is 1.03 bits per heavy atom. The van der Waals surface area contributed by atoms with Gasteiger partial charge in [-0.25, -0.2) is 0 Å². The lowest BCUT2D eigenvalue weighted by molar-refractivity contribution is -0.124. The molecule has 2 aromatic rings. The molecule has 0 spiro atoms. The number of nitrogens with one attached hydrogen (secondary N) is 2. The molecule has 9 heteroatoms. The number of anilines is 2. The highest BCUT2D eigenvalue weighted by atomic mass is 35.5. The number of amides is 2. The average Bonchev–Trinajstić information content (AvgIpc) is 3.49. The van der Waals surface area contributed by atoms with E-state index >= 15 is 0 Å². The van der Waals surface area contributed by atoms with Crippen molar-refractivity contribution in [1.82, 2.24) is 0 Å². The Kier molecular flexibility index (Phi) is 5.66. The largest absolute Gasteiger partial charge is 0.374 e. The first-order valence-electron chi connectivity index (χ1n) is 9.43. The van der Waals surface area contributed by atoms with Crippen LogP contribution in [0, 0.1) is 11.8 Å². The molecule has 2 aliphatic rings. The summed E-state index contributed by atoms with van der Waals surface area (Å²) in [6.07, 6.45) is 1.79. The topological polar surface area (TPSA) is 101 Å². The highest BCUT2D eigenvalue weighted by molar-refractivity contribution is 6.36. The molecular weight excluding hydrogens is 449 g/mol. The maximum atomic E-state index is 12.9. The number of aryl methyl sites for hydroxylation is 1. The highest BCUT2D eigenvalue weighted by Crippen LogP contribution is 2.43.